The molecule has 0 spiro atoms. The van der Waals surface area contributed by atoms with Gasteiger partial charge in [-0.15, -0.1) is 0 Å². The highest BCUT2D eigenvalue weighted by atomic mass is 16.5. The summed E-state index contributed by atoms with van der Waals surface area (Å²) in [6, 6.07) is 13.1. The van der Waals surface area contributed by atoms with Crippen molar-refractivity contribution in [3.05, 3.63) is 41.6 Å². The molecule has 8 nitrogen and oxygen atoms in total. The number of nitrogens with one attached hydrogen (secondary N) is 1. The SMILES string of the molecule is Cc1ccc(-c2cc(C(=O)OCC(=O)N(CCC#N)CCC#N)[nH]n2)cc1. The summed E-state index contributed by atoms with van der Waals surface area (Å²) in [4.78, 5) is 25.6. The lowest BCUT2D eigenvalue weighted by Gasteiger charge is -2.19. The molecule has 0 unspecified atom stereocenters. The minimum absolute atomic E-state index is 0.138. The van der Waals surface area contributed by atoms with E-state index in [0.29, 0.717) is 5.69 Å². The van der Waals surface area contributed by atoms with E-state index in [0.717, 1.165) is 11.1 Å². The Kier molecular flexibility index (Phi) is 7.09. The molecule has 0 aliphatic rings. The molecule has 27 heavy (non-hydrogen) atoms. The van der Waals surface area contributed by atoms with E-state index in [4.69, 9.17) is 15.3 Å². The average Bonchev–Trinajstić information content (AvgIpc) is 3.17. The monoisotopic (exact) mass is 365 g/mol. The molecule has 1 heterocycles. The van der Waals surface area contributed by atoms with Gasteiger partial charge < -0.3 is 9.64 Å². The van der Waals surface area contributed by atoms with Crippen molar-refractivity contribution in [2.75, 3.05) is 19.7 Å². The minimum atomic E-state index is -0.699. The highest BCUT2D eigenvalue weighted by Crippen LogP contribution is 2.18. The fourth-order valence-electron chi connectivity index (χ4n) is 2.33. The van der Waals surface area contributed by atoms with Gasteiger partial charge in [0.1, 0.15) is 5.69 Å². The van der Waals surface area contributed by atoms with Gasteiger partial charge in [0.2, 0.25) is 0 Å². The molecule has 1 N–H and O–H groups in total. The van der Waals surface area contributed by atoms with E-state index in [1.807, 2.05) is 43.3 Å². The van der Waals surface area contributed by atoms with Gasteiger partial charge in [-0.05, 0) is 13.0 Å². The zero-order valence-corrected chi connectivity index (χ0v) is 14.9. The van der Waals surface area contributed by atoms with Crippen LogP contribution >= 0.6 is 0 Å². The van der Waals surface area contributed by atoms with Crippen LogP contribution in [0, 0.1) is 29.6 Å². The third-order valence-electron chi connectivity index (χ3n) is 3.81. The van der Waals surface area contributed by atoms with Crippen LogP contribution in [0.25, 0.3) is 11.3 Å². The molecule has 1 amide bonds. The Balaban J connectivity index is 1.94. The van der Waals surface area contributed by atoms with Crippen LogP contribution in [0.15, 0.2) is 30.3 Å². The van der Waals surface area contributed by atoms with Crippen LogP contribution in [0.3, 0.4) is 0 Å². The molecule has 0 fully saturated rings. The quantitative estimate of drug-likeness (QED) is 0.715. The standard InChI is InChI=1S/C19H19N5O3/c1-14-4-6-15(7-5-14)16-12-17(23-22-16)19(26)27-13-18(25)24(10-2-8-20)11-3-9-21/h4-7,12H,2-3,10-11,13H2,1H3,(H,22,23). The molecule has 1 aromatic heterocycles. The normalized spacial score (nSPS) is 9.89. The van der Waals surface area contributed by atoms with Crippen molar-refractivity contribution < 1.29 is 14.3 Å². The first-order valence-corrected chi connectivity index (χ1v) is 8.36. The number of nitrogens with zero attached hydrogens (tertiary/aromatic N) is 4. The number of H-pyrrole nitrogens is 1. The largest absolute Gasteiger partial charge is 0.451 e. The van der Waals surface area contributed by atoms with Crippen LogP contribution in [0.2, 0.25) is 0 Å². The Bertz CT molecular complexity index is 856. The van der Waals surface area contributed by atoms with Crippen molar-refractivity contribution in [2.24, 2.45) is 0 Å². The Morgan fingerprint density at radius 2 is 1.78 bits per heavy atom. The molecule has 0 atom stereocenters. The van der Waals surface area contributed by atoms with Crippen molar-refractivity contribution >= 4 is 11.9 Å². The Morgan fingerprint density at radius 3 is 2.37 bits per heavy atom. The summed E-state index contributed by atoms with van der Waals surface area (Å²) in [5.41, 5.74) is 2.70. The van der Waals surface area contributed by atoms with Gasteiger partial charge in [-0.1, -0.05) is 29.8 Å². The molecule has 0 saturated carbocycles. The van der Waals surface area contributed by atoms with Crippen LogP contribution in [0.1, 0.15) is 28.9 Å². The van der Waals surface area contributed by atoms with Gasteiger partial charge in [-0.25, -0.2) is 4.79 Å². The summed E-state index contributed by atoms with van der Waals surface area (Å²) >= 11 is 0. The maximum Gasteiger partial charge on any atom is 0.356 e. The molecule has 1 aromatic carbocycles. The molecule has 0 saturated heterocycles. The minimum Gasteiger partial charge on any atom is -0.451 e. The fraction of sp³-hybridized carbons (Fsp3) is 0.316. The summed E-state index contributed by atoms with van der Waals surface area (Å²) in [5.74, 6) is -1.15. The Labute approximate surface area is 157 Å². The predicted molar refractivity (Wildman–Crippen MR) is 96.1 cm³/mol. The molecule has 2 rings (SSSR count). The number of carbonyl (C=O) groups is 2. The number of aryl methyl sites for hydroxylation is 1. The number of ether oxygens (including phenoxy) is 1. The van der Waals surface area contributed by atoms with E-state index in [-0.39, 0.29) is 31.6 Å². The maximum absolute atomic E-state index is 12.2. The van der Waals surface area contributed by atoms with Gasteiger partial charge in [-0.2, -0.15) is 15.6 Å². The van der Waals surface area contributed by atoms with Crippen molar-refractivity contribution in [1.82, 2.24) is 15.1 Å². The predicted octanol–water partition coefficient (Wildman–Crippen LogP) is 2.20. The third-order valence-corrected chi connectivity index (χ3v) is 3.81. The van der Waals surface area contributed by atoms with Gasteiger partial charge in [0, 0.05) is 18.7 Å². The van der Waals surface area contributed by atoms with Crippen LogP contribution in [0.4, 0.5) is 0 Å². The number of hydrogen-bond acceptors (Lipinski definition) is 6. The van der Waals surface area contributed by atoms with E-state index in [2.05, 4.69) is 10.2 Å². The lowest BCUT2D eigenvalue weighted by molar-refractivity contribution is -0.134. The second-order valence-corrected chi connectivity index (χ2v) is 5.81. The van der Waals surface area contributed by atoms with Crippen LogP contribution in [0.5, 0.6) is 0 Å². The number of amides is 1. The van der Waals surface area contributed by atoms with E-state index < -0.39 is 18.5 Å². The van der Waals surface area contributed by atoms with Crippen LogP contribution < -0.4 is 0 Å². The Morgan fingerprint density at radius 1 is 1.15 bits per heavy atom. The van der Waals surface area contributed by atoms with Gasteiger partial charge in [-0.3, -0.25) is 9.89 Å². The summed E-state index contributed by atoms with van der Waals surface area (Å²) in [5, 5.41) is 24.0. The first-order valence-electron chi connectivity index (χ1n) is 8.36. The first-order chi connectivity index (χ1) is 13.0. The molecule has 0 radical (unpaired) electrons. The molecule has 0 bridgehead atoms. The number of benzene rings is 1. The summed E-state index contributed by atoms with van der Waals surface area (Å²) in [6.45, 7) is 1.89. The maximum atomic E-state index is 12.2. The van der Waals surface area contributed by atoms with Gasteiger partial charge >= 0.3 is 5.97 Å². The molecular formula is C19H19N5O3. The number of aromatic amines is 1. The zero-order chi connectivity index (χ0) is 19.6. The van der Waals surface area contributed by atoms with Crippen molar-refractivity contribution in [3.8, 4) is 23.4 Å². The second kappa shape index (κ2) is 9.73. The van der Waals surface area contributed by atoms with Gasteiger partial charge in [0.05, 0.1) is 30.7 Å². The first kappa shape index (κ1) is 19.7. The molecular weight excluding hydrogens is 346 g/mol. The second-order valence-electron chi connectivity index (χ2n) is 5.81. The van der Waals surface area contributed by atoms with Crippen LogP contribution in [-0.2, 0) is 9.53 Å². The lowest BCUT2D eigenvalue weighted by atomic mass is 10.1. The van der Waals surface area contributed by atoms with Gasteiger partial charge in [0.25, 0.3) is 5.91 Å². The lowest BCUT2D eigenvalue weighted by Crippen LogP contribution is -2.36. The van der Waals surface area contributed by atoms with Crippen molar-refractivity contribution in [2.45, 2.75) is 19.8 Å². The molecule has 2 aromatic rings. The summed E-state index contributed by atoms with van der Waals surface area (Å²) in [6.07, 6.45) is 0.289. The summed E-state index contributed by atoms with van der Waals surface area (Å²) < 4.78 is 5.03. The molecule has 138 valence electrons. The highest BCUT2D eigenvalue weighted by molar-refractivity contribution is 5.90. The Hall–Kier alpha value is -3.65. The summed E-state index contributed by atoms with van der Waals surface area (Å²) in [7, 11) is 0. The topological polar surface area (TPSA) is 123 Å². The number of carbonyl (C=O) groups excluding carboxylic acids is 2. The smallest absolute Gasteiger partial charge is 0.356 e. The average molecular weight is 365 g/mol. The number of nitriles is 2. The van der Waals surface area contributed by atoms with E-state index >= 15 is 0 Å². The van der Waals surface area contributed by atoms with E-state index in [1.165, 1.54) is 4.90 Å². The number of aromatic nitrogens is 2. The van der Waals surface area contributed by atoms with E-state index in [1.54, 1.807) is 6.07 Å². The zero-order valence-electron chi connectivity index (χ0n) is 14.9. The van der Waals surface area contributed by atoms with E-state index in [9.17, 15) is 9.59 Å². The fourth-order valence-corrected chi connectivity index (χ4v) is 2.33. The number of hydrogen-bond donors (Lipinski definition) is 1. The number of esters is 1. The molecule has 8 heteroatoms. The highest BCUT2D eigenvalue weighted by Gasteiger charge is 2.18. The van der Waals surface area contributed by atoms with Crippen molar-refractivity contribution in [1.29, 1.82) is 10.5 Å². The van der Waals surface area contributed by atoms with Crippen molar-refractivity contribution in [3.63, 3.8) is 0 Å². The molecule has 0 aliphatic heterocycles. The number of rotatable bonds is 8. The third kappa shape index (κ3) is 5.68. The molecule has 0 aliphatic carbocycles. The van der Waals surface area contributed by atoms with Crippen LogP contribution in [-0.4, -0.2) is 46.7 Å². The van der Waals surface area contributed by atoms with Gasteiger partial charge in [0.15, 0.2) is 6.61 Å².